The second-order valence-corrected chi connectivity index (χ2v) is 4.74. The van der Waals surface area contributed by atoms with Gasteiger partial charge in [-0.15, -0.1) is 0 Å². The lowest BCUT2D eigenvalue weighted by Gasteiger charge is -2.23. The number of carbonyl (C=O) groups is 2. The van der Waals surface area contributed by atoms with Crippen LogP contribution in [0.2, 0.25) is 5.02 Å². The number of benzene rings is 1. The van der Waals surface area contributed by atoms with E-state index < -0.39 is 23.6 Å². The van der Waals surface area contributed by atoms with Crippen LogP contribution in [0.3, 0.4) is 0 Å². The molecular weight excluding hydrogens is 278 g/mol. The van der Waals surface area contributed by atoms with E-state index in [0.29, 0.717) is 10.6 Å². The number of ether oxygens (including phenoxy) is 1. The largest absolute Gasteiger partial charge is 0.465 e. The molecule has 0 spiro atoms. The molecule has 19 heavy (non-hydrogen) atoms. The highest BCUT2D eigenvalue weighted by molar-refractivity contribution is 6.31. The smallest absolute Gasteiger partial charge is 0.326 e. The van der Waals surface area contributed by atoms with Crippen LogP contribution in [0.5, 0.6) is 0 Å². The van der Waals surface area contributed by atoms with Crippen molar-refractivity contribution in [3.63, 3.8) is 0 Å². The standard InChI is InChI=1S/C13H11ClF2O3/c1-2-19-12(18)13(11(15)16)6-7-5-8(14)3-4-9(7)10(13)17/h3-5,11H,2,6H2,1H3. The second kappa shape index (κ2) is 4.89. The quantitative estimate of drug-likeness (QED) is 0.634. The van der Waals surface area contributed by atoms with Crippen molar-refractivity contribution < 1.29 is 23.1 Å². The summed E-state index contributed by atoms with van der Waals surface area (Å²) in [5.41, 5.74) is -1.97. The molecule has 0 aromatic heterocycles. The summed E-state index contributed by atoms with van der Waals surface area (Å²) < 4.78 is 31.3. The van der Waals surface area contributed by atoms with Gasteiger partial charge in [-0.3, -0.25) is 9.59 Å². The van der Waals surface area contributed by atoms with Crippen molar-refractivity contribution in [2.24, 2.45) is 5.41 Å². The van der Waals surface area contributed by atoms with E-state index in [1.165, 1.54) is 25.1 Å². The highest BCUT2D eigenvalue weighted by Gasteiger charge is 2.59. The number of hydrogen-bond acceptors (Lipinski definition) is 3. The minimum Gasteiger partial charge on any atom is -0.465 e. The average Bonchev–Trinajstić information content (AvgIpc) is 2.63. The van der Waals surface area contributed by atoms with Crippen molar-refractivity contribution in [2.45, 2.75) is 19.8 Å². The van der Waals surface area contributed by atoms with Crippen LogP contribution in [-0.2, 0) is 16.0 Å². The Morgan fingerprint density at radius 1 is 1.53 bits per heavy atom. The van der Waals surface area contributed by atoms with Crippen LogP contribution in [0.15, 0.2) is 18.2 Å². The fraction of sp³-hybridized carbons (Fsp3) is 0.385. The molecule has 1 unspecified atom stereocenters. The van der Waals surface area contributed by atoms with Gasteiger partial charge in [-0.2, -0.15) is 0 Å². The third-order valence-corrected chi connectivity index (χ3v) is 3.43. The van der Waals surface area contributed by atoms with Gasteiger partial charge >= 0.3 is 5.97 Å². The zero-order chi connectivity index (χ0) is 14.2. The molecule has 1 aromatic carbocycles. The molecule has 102 valence electrons. The molecule has 1 aromatic rings. The first-order chi connectivity index (χ1) is 8.93. The Labute approximate surface area is 113 Å². The van der Waals surface area contributed by atoms with Gasteiger partial charge in [0, 0.05) is 17.0 Å². The van der Waals surface area contributed by atoms with Crippen LogP contribution in [0.4, 0.5) is 8.78 Å². The maximum atomic E-state index is 13.3. The van der Waals surface area contributed by atoms with Crippen molar-refractivity contribution in [1.29, 1.82) is 0 Å². The van der Waals surface area contributed by atoms with Gasteiger partial charge < -0.3 is 4.74 Å². The first-order valence-corrected chi connectivity index (χ1v) is 6.10. The topological polar surface area (TPSA) is 43.4 Å². The zero-order valence-corrected chi connectivity index (χ0v) is 10.8. The number of fused-ring (bicyclic) bond motifs is 1. The summed E-state index contributed by atoms with van der Waals surface area (Å²) in [6, 6.07) is 4.23. The molecule has 0 amide bonds. The zero-order valence-electron chi connectivity index (χ0n) is 10.1. The number of Topliss-reactive ketones (excluding diaryl/α,β-unsaturated/α-hetero) is 1. The van der Waals surface area contributed by atoms with Crippen molar-refractivity contribution in [1.82, 2.24) is 0 Å². The number of carbonyl (C=O) groups excluding carboxylic acids is 2. The number of rotatable bonds is 3. The summed E-state index contributed by atoms with van der Waals surface area (Å²) in [6.07, 6.45) is -3.50. The minimum absolute atomic E-state index is 0.0579. The molecule has 2 rings (SSSR count). The Balaban J connectivity index is 2.50. The van der Waals surface area contributed by atoms with Crippen LogP contribution in [0.25, 0.3) is 0 Å². The van der Waals surface area contributed by atoms with Crippen LogP contribution < -0.4 is 0 Å². The molecule has 0 aliphatic heterocycles. The van der Waals surface area contributed by atoms with Crippen LogP contribution in [0.1, 0.15) is 22.8 Å². The SMILES string of the molecule is CCOC(=O)C1(C(F)F)Cc2cc(Cl)ccc2C1=O. The Kier molecular flexibility index (Phi) is 3.58. The molecule has 0 radical (unpaired) electrons. The molecular formula is C13H11ClF2O3. The van der Waals surface area contributed by atoms with E-state index in [9.17, 15) is 18.4 Å². The predicted molar refractivity (Wildman–Crippen MR) is 64.6 cm³/mol. The Morgan fingerprint density at radius 3 is 2.79 bits per heavy atom. The molecule has 1 aliphatic carbocycles. The highest BCUT2D eigenvalue weighted by atomic mass is 35.5. The van der Waals surface area contributed by atoms with Crippen LogP contribution in [0, 0.1) is 5.41 Å². The summed E-state index contributed by atoms with van der Waals surface area (Å²) >= 11 is 5.77. The van der Waals surface area contributed by atoms with E-state index in [2.05, 4.69) is 4.74 Å². The normalized spacial score (nSPS) is 21.6. The average molecular weight is 289 g/mol. The molecule has 1 atom stereocenters. The maximum absolute atomic E-state index is 13.3. The first kappa shape index (κ1) is 13.9. The van der Waals surface area contributed by atoms with Crippen LogP contribution >= 0.6 is 11.6 Å². The summed E-state index contributed by atoms with van der Waals surface area (Å²) in [5, 5.41) is 0.334. The predicted octanol–water partition coefficient (Wildman–Crippen LogP) is 2.89. The third-order valence-electron chi connectivity index (χ3n) is 3.20. The van der Waals surface area contributed by atoms with Gasteiger partial charge in [-0.25, -0.2) is 8.78 Å². The molecule has 0 heterocycles. The van der Waals surface area contributed by atoms with E-state index in [0.717, 1.165) is 0 Å². The lowest BCUT2D eigenvalue weighted by atomic mass is 9.84. The number of alkyl halides is 2. The summed E-state index contributed by atoms with van der Waals surface area (Å²) in [7, 11) is 0. The van der Waals surface area contributed by atoms with Crippen molar-refractivity contribution >= 4 is 23.4 Å². The van der Waals surface area contributed by atoms with E-state index in [-0.39, 0.29) is 18.6 Å². The molecule has 6 heteroatoms. The lowest BCUT2D eigenvalue weighted by Crippen LogP contribution is -2.45. The molecule has 0 bridgehead atoms. The van der Waals surface area contributed by atoms with E-state index in [1.54, 1.807) is 0 Å². The number of halogens is 3. The number of ketones is 1. The molecule has 0 saturated heterocycles. The lowest BCUT2D eigenvalue weighted by molar-refractivity contribution is -0.159. The maximum Gasteiger partial charge on any atom is 0.326 e. The summed E-state index contributed by atoms with van der Waals surface area (Å²) in [4.78, 5) is 24.0. The van der Waals surface area contributed by atoms with Gasteiger partial charge in [0.05, 0.1) is 6.61 Å². The fourth-order valence-corrected chi connectivity index (χ4v) is 2.44. The highest BCUT2D eigenvalue weighted by Crippen LogP contribution is 2.43. The Hall–Kier alpha value is -1.49. The van der Waals surface area contributed by atoms with Crippen molar-refractivity contribution in [3.05, 3.63) is 34.3 Å². The molecule has 3 nitrogen and oxygen atoms in total. The van der Waals surface area contributed by atoms with Gasteiger partial charge in [0.25, 0.3) is 6.43 Å². The molecule has 0 N–H and O–H groups in total. The summed E-state index contributed by atoms with van der Waals surface area (Å²) in [6.45, 7) is 1.44. The molecule has 1 aliphatic rings. The van der Waals surface area contributed by atoms with E-state index in [4.69, 9.17) is 11.6 Å². The van der Waals surface area contributed by atoms with Gasteiger partial charge in [0.2, 0.25) is 0 Å². The molecule has 0 saturated carbocycles. The van der Waals surface area contributed by atoms with Gasteiger partial charge in [-0.1, -0.05) is 11.6 Å². The second-order valence-electron chi connectivity index (χ2n) is 4.30. The third kappa shape index (κ3) is 2.02. The summed E-state index contributed by atoms with van der Waals surface area (Å²) in [5.74, 6) is -2.07. The first-order valence-electron chi connectivity index (χ1n) is 5.72. The van der Waals surface area contributed by atoms with E-state index in [1.807, 2.05) is 0 Å². The number of esters is 1. The monoisotopic (exact) mass is 288 g/mol. The van der Waals surface area contributed by atoms with Crippen molar-refractivity contribution in [2.75, 3.05) is 6.61 Å². The van der Waals surface area contributed by atoms with Gasteiger partial charge in [0.15, 0.2) is 11.2 Å². The van der Waals surface area contributed by atoms with Gasteiger partial charge in [0.1, 0.15) is 0 Å². The Bertz CT molecular complexity index is 545. The van der Waals surface area contributed by atoms with Gasteiger partial charge in [-0.05, 0) is 30.7 Å². The fourth-order valence-electron chi connectivity index (χ4n) is 2.24. The van der Waals surface area contributed by atoms with E-state index >= 15 is 0 Å². The minimum atomic E-state index is -3.12. The number of hydrogen-bond donors (Lipinski definition) is 0. The Morgan fingerprint density at radius 2 is 2.21 bits per heavy atom. The van der Waals surface area contributed by atoms with Crippen LogP contribution in [-0.4, -0.2) is 24.8 Å². The van der Waals surface area contributed by atoms with Crippen molar-refractivity contribution in [3.8, 4) is 0 Å². The molecule has 0 fully saturated rings.